The second-order valence-electron chi connectivity index (χ2n) is 6.97. The lowest BCUT2D eigenvalue weighted by molar-refractivity contribution is 0.103. The van der Waals surface area contributed by atoms with Crippen LogP contribution >= 0.6 is 22.9 Å². The molecule has 12 heteroatoms. The van der Waals surface area contributed by atoms with Gasteiger partial charge < -0.3 is 26.2 Å². The second kappa shape index (κ2) is 9.79. The minimum atomic E-state index is -0.289. The van der Waals surface area contributed by atoms with E-state index in [1.165, 1.54) is 23.9 Å². The maximum Gasteiger partial charge on any atom is 0.317 e. The maximum absolute atomic E-state index is 12.6. The first-order valence-corrected chi connectivity index (χ1v) is 11.1. The van der Waals surface area contributed by atoms with Crippen molar-refractivity contribution < 1.29 is 9.59 Å². The fourth-order valence-corrected chi connectivity index (χ4v) is 4.07. The molecular weight excluding hydrogens is 452 g/mol. The van der Waals surface area contributed by atoms with E-state index < -0.39 is 0 Å². The molecule has 1 aliphatic heterocycles. The van der Waals surface area contributed by atoms with Gasteiger partial charge in [-0.3, -0.25) is 4.79 Å². The number of urea groups is 1. The summed E-state index contributed by atoms with van der Waals surface area (Å²) in [7, 11) is 0. The van der Waals surface area contributed by atoms with Crippen LogP contribution in [0.15, 0.2) is 36.8 Å². The monoisotopic (exact) mass is 472 g/mol. The summed E-state index contributed by atoms with van der Waals surface area (Å²) in [6.07, 6.45) is 2.92. The summed E-state index contributed by atoms with van der Waals surface area (Å²) in [5.41, 5.74) is 1.46. The summed E-state index contributed by atoms with van der Waals surface area (Å²) in [5, 5.41) is 12.9. The van der Waals surface area contributed by atoms with Crippen molar-refractivity contribution in [2.24, 2.45) is 0 Å². The number of nitrogens with one attached hydrogen (secondary N) is 4. The van der Waals surface area contributed by atoms with Crippen LogP contribution in [0.4, 0.5) is 27.2 Å². The lowest BCUT2D eigenvalue weighted by Crippen LogP contribution is -2.32. The first-order chi connectivity index (χ1) is 15.5. The first kappa shape index (κ1) is 21.8. The average Bonchev–Trinajstić information content (AvgIpc) is 3.40. The Kier molecular flexibility index (Phi) is 6.66. The van der Waals surface area contributed by atoms with Crippen LogP contribution in [0.3, 0.4) is 0 Å². The van der Waals surface area contributed by atoms with Crippen molar-refractivity contribution in [3.8, 4) is 0 Å². The summed E-state index contributed by atoms with van der Waals surface area (Å²) >= 11 is 7.39. The van der Waals surface area contributed by atoms with Crippen LogP contribution in [-0.2, 0) is 0 Å². The number of anilines is 4. The number of nitrogens with zero attached hydrogens (tertiary/aromatic N) is 4. The highest BCUT2D eigenvalue weighted by atomic mass is 35.5. The van der Waals surface area contributed by atoms with Gasteiger partial charge in [-0.05, 0) is 18.6 Å². The van der Waals surface area contributed by atoms with E-state index in [1.54, 1.807) is 17.0 Å². The summed E-state index contributed by atoms with van der Waals surface area (Å²) in [4.78, 5) is 39.0. The van der Waals surface area contributed by atoms with Gasteiger partial charge in [0, 0.05) is 32.2 Å². The predicted molar refractivity (Wildman–Crippen MR) is 125 cm³/mol. The highest BCUT2D eigenvalue weighted by Gasteiger charge is 2.18. The van der Waals surface area contributed by atoms with Gasteiger partial charge in [0.25, 0.3) is 5.91 Å². The quantitative estimate of drug-likeness (QED) is 0.396. The van der Waals surface area contributed by atoms with Crippen molar-refractivity contribution in [3.63, 3.8) is 0 Å². The summed E-state index contributed by atoms with van der Waals surface area (Å²) in [6, 6.07) is 7.12. The van der Waals surface area contributed by atoms with Crippen LogP contribution in [0.2, 0.25) is 5.02 Å². The van der Waals surface area contributed by atoms with Crippen LogP contribution in [0.25, 0.3) is 0 Å². The number of halogens is 1. The van der Waals surface area contributed by atoms with Crippen LogP contribution in [0, 0.1) is 6.92 Å². The summed E-state index contributed by atoms with van der Waals surface area (Å²) < 4.78 is 0. The molecule has 1 saturated heterocycles. The van der Waals surface area contributed by atoms with Crippen molar-refractivity contribution in [1.82, 2.24) is 25.2 Å². The number of rotatable bonds is 8. The third-order valence-electron chi connectivity index (χ3n) is 4.73. The van der Waals surface area contributed by atoms with Crippen molar-refractivity contribution in [2.45, 2.75) is 6.92 Å². The van der Waals surface area contributed by atoms with Gasteiger partial charge in [0.1, 0.15) is 22.8 Å². The third kappa shape index (κ3) is 5.24. The number of para-hydroxylation sites is 1. The van der Waals surface area contributed by atoms with E-state index in [-0.39, 0.29) is 11.9 Å². The zero-order valence-corrected chi connectivity index (χ0v) is 18.8. The fraction of sp³-hybridized carbons (Fsp3) is 0.250. The van der Waals surface area contributed by atoms with Gasteiger partial charge in [-0.1, -0.05) is 35.1 Å². The lowest BCUT2D eigenvalue weighted by Gasteiger charge is -2.14. The molecule has 10 nitrogen and oxygen atoms in total. The number of carbonyl (C=O) groups is 2. The topological polar surface area (TPSA) is 124 Å². The van der Waals surface area contributed by atoms with Crippen LogP contribution in [0.1, 0.15) is 15.2 Å². The Morgan fingerprint density at radius 1 is 1.28 bits per heavy atom. The van der Waals surface area contributed by atoms with E-state index in [1.807, 2.05) is 19.1 Å². The molecule has 3 aromatic rings. The Morgan fingerprint density at radius 2 is 2.12 bits per heavy atom. The van der Waals surface area contributed by atoms with E-state index in [0.29, 0.717) is 58.5 Å². The summed E-state index contributed by atoms with van der Waals surface area (Å²) in [6.45, 7) is 4.39. The molecule has 0 atom stereocenters. The third-order valence-corrected chi connectivity index (χ3v) is 5.95. The molecule has 3 heterocycles. The minimum Gasteiger partial charge on any atom is -0.368 e. The average molecular weight is 473 g/mol. The zero-order valence-electron chi connectivity index (χ0n) is 17.2. The van der Waals surface area contributed by atoms with Gasteiger partial charge in [0.15, 0.2) is 5.13 Å². The van der Waals surface area contributed by atoms with Crippen molar-refractivity contribution >= 4 is 57.3 Å². The zero-order chi connectivity index (χ0) is 22.5. The van der Waals surface area contributed by atoms with Gasteiger partial charge in [0.05, 0.1) is 16.9 Å². The minimum absolute atomic E-state index is 0.0508. The van der Waals surface area contributed by atoms with Gasteiger partial charge in [-0.15, -0.1) is 0 Å². The van der Waals surface area contributed by atoms with Gasteiger partial charge in [-0.25, -0.2) is 19.7 Å². The molecule has 1 aromatic carbocycles. The first-order valence-electron chi connectivity index (χ1n) is 9.87. The van der Waals surface area contributed by atoms with Crippen LogP contribution in [-0.4, -0.2) is 58.0 Å². The summed E-state index contributed by atoms with van der Waals surface area (Å²) in [5.74, 6) is 0.859. The van der Waals surface area contributed by atoms with E-state index in [2.05, 4.69) is 36.2 Å². The van der Waals surface area contributed by atoms with E-state index in [9.17, 15) is 9.59 Å². The standard InChI is InChI=1S/C20H21ClN8O2S/c1-12-3-2-4-13(21)17(12)28-18(30)14-10-24-19(32-14)27-16-9-15(25-11-26-16)22-5-7-29-8-6-23-20(29)31/h2-4,9-11H,5-8H2,1H3,(H,23,31)(H,28,30)(H2,22,24,25,26,27). The second-order valence-corrected chi connectivity index (χ2v) is 8.41. The number of thiazole rings is 1. The highest BCUT2D eigenvalue weighted by Crippen LogP contribution is 2.28. The van der Waals surface area contributed by atoms with Crippen LogP contribution in [0.5, 0.6) is 0 Å². The SMILES string of the molecule is Cc1cccc(Cl)c1NC(=O)c1cnc(Nc2cc(NCCN3CCNC3=O)ncn2)s1. The van der Waals surface area contributed by atoms with Gasteiger partial charge >= 0.3 is 6.03 Å². The van der Waals surface area contributed by atoms with E-state index >= 15 is 0 Å². The van der Waals surface area contributed by atoms with E-state index in [4.69, 9.17) is 11.6 Å². The Labute approximate surface area is 193 Å². The Morgan fingerprint density at radius 3 is 2.91 bits per heavy atom. The molecule has 0 saturated carbocycles. The molecule has 0 unspecified atom stereocenters. The molecule has 0 aliphatic carbocycles. The van der Waals surface area contributed by atoms with Crippen LogP contribution < -0.4 is 21.3 Å². The normalized spacial score (nSPS) is 13.1. The fourth-order valence-electron chi connectivity index (χ4n) is 3.08. The number of benzene rings is 1. The largest absolute Gasteiger partial charge is 0.368 e. The number of hydrogen-bond acceptors (Lipinski definition) is 8. The van der Waals surface area contributed by atoms with Gasteiger partial charge in [0.2, 0.25) is 0 Å². The Hall–Kier alpha value is -3.44. The Balaban J connectivity index is 1.34. The predicted octanol–water partition coefficient (Wildman–Crippen LogP) is 3.33. The number of hydrogen-bond donors (Lipinski definition) is 4. The van der Waals surface area contributed by atoms with Crippen molar-refractivity contribution in [2.75, 3.05) is 42.1 Å². The smallest absolute Gasteiger partial charge is 0.317 e. The van der Waals surface area contributed by atoms with Crippen molar-refractivity contribution in [1.29, 1.82) is 0 Å². The molecule has 4 rings (SSSR count). The molecule has 1 aliphatic rings. The van der Waals surface area contributed by atoms with E-state index in [0.717, 1.165) is 5.56 Å². The lowest BCUT2D eigenvalue weighted by atomic mass is 10.2. The molecule has 166 valence electrons. The molecule has 4 N–H and O–H groups in total. The molecular formula is C20H21ClN8O2S. The number of carbonyl (C=O) groups excluding carboxylic acids is 2. The molecule has 0 bridgehead atoms. The maximum atomic E-state index is 12.6. The van der Waals surface area contributed by atoms with Crippen molar-refractivity contribution in [3.05, 3.63) is 52.3 Å². The number of amides is 3. The molecule has 32 heavy (non-hydrogen) atoms. The molecule has 1 fully saturated rings. The molecule has 0 radical (unpaired) electrons. The Bertz CT molecular complexity index is 1120. The molecule has 2 aromatic heterocycles. The number of aromatic nitrogens is 3. The highest BCUT2D eigenvalue weighted by molar-refractivity contribution is 7.17. The van der Waals surface area contributed by atoms with Gasteiger partial charge in [-0.2, -0.15) is 0 Å². The molecule has 0 spiro atoms. The number of aryl methyl sites for hydroxylation is 1. The molecule has 3 amide bonds.